The van der Waals surface area contributed by atoms with Crippen molar-refractivity contribution in [2.75, 3.05) is 19.0 Å². The van der Waals surface area contributed by atoms with Gasteiger partial charge in [0.05, 0.1) is 41.5 Å². The van der Waals surface area contributed by atoms with Crippen molar-refractivity contribution in [3.05, 3.63) is 63.7 Å². The average molecular weight is 459 g/mol. The largest absolute Gasteiger partial charge is 0.416 e. The first-order chi connectivity index (χ1) is 15.6. The van der Waals surface area contributed by atoms with Crippen LogP contribution in [0.3, 0.4) is 0 Å². The molecular weight excluding hydrogens is 435 g/mol. The molecule has 1 N–H and O–H groups in total. The van der Waals surface area contributed by atoms with Crippen molar-refractivity contribution in [3.63, 3.8) is 0 Å². The Morgan fingerprint density at radius 1 is 1.12 bits per heavy atom. The molecule has 0 bridgehead atoms. The minimum absolute atomic E-state index is 0.164. The van der Waals surface area contributed by atoms with Gasteiger partial charge in [-0.25, -0.2) is 4.79 Å². The molecule has 7 nitrogen and oxygen atoms in total. The fourth-order valence-electron chi connectivity index (χ4n) is 3.95. The van der Waals surface area contributed by atoms with Gasteiger partial charge in [0.1, 0.15) is 0 Å². The number of methoxy groups -OCH3 is 1. The van der Waals surface area contributed by atoms with Gasteiger partial charge >= 0.3 is 11.9 Å². The predicted octanol–water partition coefficient (Wildman–Crippen LogP) is 4.43. The van der Waals surface area contributed by atoms with Gasteiger partial charge in [-0.3, -0.25) is 9.13 Å². The Hall–Kier alpha value is -3.40. The number of fused-ring (bicyclic) bond motifs is 2. The maximum absolute atomic E-state index is 13.1. The van der Waals surface area contributed by atoms with E-state index in [1.165, 1.54) is 6.07 Å². The number of nitrogens with zero attached hydrogens (tertiary/aromatic N) is 4. The third-order valence-electron chi connectivity index (χ3n) is 5.82. The maximum Gasteiger partial charge on any atom is 0.416 e. The summed E-state index contributed by atoms with van der Waals surface area (Å²) in [5, 5.41) is 13.2. The molecular formula is C23H24F3N5O2. The molecule has 0 aliphatic rings. The molecule has 2 heterocycles. The first-order valence-electron chi connectivity index (χ1n) is 10.4. The Labute approximate surface area is 187 Å². The molecule has 0 radical (unpaired) electrons. The first-order valence-corrected chi connectivity index (χ1v) is 10.4. The number of hydrogen-bond acceptors (Lipinski definition) is 5. The smallest absolute Gasteiger partial charge is 0.383 e. The van der Waals surface area contributed by atoms with Crippen LogP contribution < -0.4 is 11.0 Å². The zero-order valence-corrected chi connectivity index (χ0v) is 18.7. The number of hydrogen-bond donors (Lipinski definition) is 1. The molecule has 0 saturated carbocycles. The molecule has 0 fully saturated rings. The lowest BCUT2D eigenvalue weighted by Crippen LogP contribution is -2.23. The van der Waals surface area contributed by atoms with E-state index in [0.29, 0.717) is 35.7 Å². The van der Waals surface area contributed by atoms with Crippen LogP contribution in [0.25, 0.3) is 21.8 Å². The number of ether oxygens (including phenoxy) is 1. The number of nitrogens with one attached hydrogen (secondary N) is 1. The third kappa shape index (κ3) is 4.18. The highest BCUT2D eigenvalue weighted by Crippen LogP contribution is 2.33. The van der Waals surface area contributed by atoms with E-state index >= 15 is 0 Å². The number of halogens is 3. The number of aromatic nitrogens is 4. The Kier molecular flexibility index (Phi) is 5.87. The summed E-state index contributed by atoms with van der Waals surface area (Å²) in [6.07, 6.45) is -4.42. The first kappa shape index (κ1) is 22.8. The molecule has 33 heavy (non-hydrogen) atoms. The molecule has 0 unspecified atom stereocenters. The van der Waals surface area contributed by atoms with Crippen LogP contribution in [0.4, 0.5) is 19.0 Å². The van der Waals surface area contributed by atoms with Gasteiger partial charge in [0.25, 0.3) is 0 Å². The minimum atomic E-state index is -4.42. The summed E-state index contributed by atoms with van der Waals surface area (Å²) in [7, 11) is 3.28. The lowest BCUT2D eigenvalue weighted by Gasteiger charge is -2.18. The highest BCUT2D eigenvalue weighted by Gasteiger charge is 2.30. The second-order valence-corrected chi connectivity index (χ2v) is 8.00. The SMILES string of the molecule is COCCn1c(=O)n(C)c2cc3c(C)nnc(N[C@H](C)c4cccc(C(F)(F)F)c4)c3cc21. The van der Waals surface area contributed by atoms with Crippen LogP contribution in [0.15, 0.2) is 41.2 Å². The second kappa shape index (κ2) is 8.51. The Morgan fingerprint density at radius 2 is 1.85 bits per heavy atom. The van der Waals surface area contributed by atoms with Gasteiger partial charge in [-0.05, 0) is 43.7 Å². The summed E-state index contributed by atoms with van der Waals surface area (Å²) in [6, 6.07) is 8.48. The molecule has 1 atom stereocenters. The number of aryl methyl sites for hydroxylation is 2. The van der Waals surface area contributed by atoms with Crippen molar-refractivity contribution in [2.45, 2.75) is 32.6 Å². The summed E-state index contributed by atoms with van der Waals surface area (Å²) in [6.45, 7) is 4.35. The maximum atomic E-state index is 13.1. The van der Waals surface area contributed by atoms with E-state index in [9.17, 15) is 18.0 Å². The summed E-state index contributed by atoms with van der Waals surface area (Å²) in [4.78, 5) is 12.8. The van der Waals surface area contributed by atoms with E-state index in [1.54, 1.807) is 36.3 Å². The third-order valence-corrected chi connectivity index (χ3v) is 5.82. The quantitative estimate of drug-likeness (QED) is 0.462. The number of alkyl halides is 3. The fourth-order valence-corrected chi connectivity index (χ4v) is 3.95. The number of benzene rings is 2. The summed E-state index contributed by atoms with van der Waals surface area (Å²) in [5.74, 6) is 0.428. The van der Waals surface area contributed by atoms with Crippen LogP contribution in [0.2, 0.25) is 0 Å². The van der Waals surface area contributed by atoms with Crippen LogP contribution in [-0.4, -0.2) is 33.0 Å². The number of rotatable bonds is 6. The van der Waals surface area contributed by atoms with Gasteiger partial charge in [-0.1, -0.05) is 12.1 Å². The van der Waals surface area contributed by atoms with E-state index in [-0.39, 0.29) is 5.69 Å². The molecule has 0 amide bonds. The van der Waals surface area contributed by atoms with E-state index in [1.807, 2.05) is 19.1 Å². The normalized spacial score (nSPS) is 13.1. The average Bonchev–Trinajstić information content (AvgIpc) is 3.02. The van der Waals surface area contributed by atoms with Crippen LogP contribution in [-0.2, 0) is 24.5 Å². The molecule has 4 aromatic rings. The highest BCUT2D eigenvalue weighted by atomic mass is 19.4. The molecule has 0 aliphatic heterocycles. The van der Waals surface area contributed by atoms with E-state index in [4.69, 9.17) is 4.74 Å². The number of anilines is 1. The van der Waals surface area contributed by atoms with Crippen molar-refractivity contribution in [1.29, 1.82) is 0 Å². The van der Waals surface area contributed by atoms with Crippen LogP contribution in [0, 0.1) is 6.92 Å². The monoisotopic (exact) mass is 459 g/mol. The van der Waals surface area contributed by atoms with Crippen LogP contribution in [0.5, 0.6) is 0 Å². The van der Waals surface area contributed by atoms with Crippen LogP contribution in [0.1, 0.15) is 29.8 Å². The van der Waals surface area contributed by atoms with Gasteiger partial charge in [0.2, 0.25) is 0 Å². The highest BCUT2D eigenvalue weighted by molar-refractivity contribution is 6.01. The zero-order valence-electron chi connectivity index (χ0n) is 18.7. The lowest BCUT2D eigenvalue weighted by atomic mass is 10.0. The number of imidazole rings is 1. The standard InChI is InChI=1S/C23H24F3N5O2/c1-13(15-6-5-7-16(10-15)23(24,25)26)27-21-18-12-20-19(11-17(18)14(2)28-29-21)30(3)22(32)31(20)8-9-33-4/h5-7,10-13H,8-9H2,1-4H3,(H,27,29)/t13-/m1/s1. The van der Waals surface area contributed by atoms with Crippen LogP contribution >= 0.6 is 0 Å². The van der Waals surface area contributed by atoms with E-state index in [2.05, 4.69) is 15.5 Å². The minimum Gasteiger partial charge on any atom is -0.383 e. The Morgan fingerprint density at radius 3 is 2.55 bits per heavy atom. The van der Waals surface area contributed by atoms with Gasteiger partial charge in [-0.2, -0.15) is 18.3 Å². The molecule has 4 rings (SSSR count). The molecule has 0 aliphatic carbocycles. The predicted molar refractivity (Wildman–Crippen MR) is 120 cm³/mol. The van der Waals surface area contributed by atoms with Gasteiger partial charge in [-0.15, -0.1) is 5.10 Å². The summed E-state index contributed by atoms with van der Waals surface area (Å²) < 4.78 is 47.8. The molecule has 0 saturated heterocycles. The second-order valence-electron chi connectivity index (χ2n) is 8.00. The summed E-state index contributed by atoms with van der Waals surface area (Å²) in [5.41, 5.74) is 1.75. The van der Waals surface area contributed by atoms with Crippen molar-refractivity contribution in [2.24, 2.45) is 7.05 Å². The van der Waals surface area contributed by atoms with Gasteiger partial charge < -0.3 is 10.1 Å². The lowest BCUT2D eigenvalue weighted by molar-refractivity contribution is -0.137. The van der Waals surface area contributed by atoms with E-state index in [0.717, 1.165) is 28.4 Å². The topological polar surface area (TPSA) is 74.0 Å². The molecule has 10 heteroatoms. The summed E-state index contributed by atoms with van der Waals surface area (Å²) >= 11 is 0. The fraction of sp³-hybridized carbons (Fsp3) is 0.348. The van der Waals surface area contributed by atoms with Crippen molar-refractivity contribution < 1.29 is 17.9 Å². The van der Waals surface area contributed by atoms with Crippen molar-refractivity contribution in [3.8, 4) is 0 Å². The van der Waals surface area contributed by atoms with Gasteiger partial charge in [0.15, 0.2) is 5.82 Å². The van der Waals surface area contributed by atoms with E-state index < -0.39 is 17.8 Å². The Bertz CT molecular complexity index is 1390. The zero-order chi connectivity index (χ0) is 23.9. The van der Waals surface area contributed by atoms with Crippen molar-refractivity contribution in [1.82, 2.24) is 19.3 Å². The molecule has 174 valence electrons. The van der Waals surface area contributed by atoms with Gasteiger partial charge in [0, 0.05) is 24.9 Å². The van der Waals surface area contributed by atoms with Crippen molar-refractivity contribution >= 4 is 27.6 Å². The Balaban J connectivity index is 1.81. The molecule has 0 spiro atoms. The molecule has 2 aromatic heterocycles. The molecule has 2 aromatic carbocycles.